The molecule has 0 aliphatic rings. The Kier molecular flexibility index (Phi) is 3.69. The largest absolute Gasteiger partial charge is 0.494 e. The predicted octanol–water partition coefficient (Wildman–Crippen LogP) is 3.36. The highest BCUT2D eigenvalue weighted by Gasteiger charge is 2.10. The van der Waals surface area contributed by atoms with Crippen LogP contribution in [0.4, 0.5) is 0 Å². The topological polar surface area (TPSA) is 26.3 Å². The van der Waals surface area contributed by atoms with Crippen LogP contribution in [-0.2, 0) is 0 Å². The highest BCUT2D eigenvalue weighted by molar-refractivity contribution is 9.10. The van der Waals surface area contributed by atoms with Crippen LogP contribution in [0.25, 0.3) is 0 Å². The van der Waals surface area contributed by atoms with E-state index in [0.717, 1.165) is 15.8 Å². The van der Waals surface area contributed by atoms with Crippen LogP contribution in [0.2, 0.25) is 0 Å². The first-order valence-corrected chi connectivity index (χ1v) is 5.29. The molecule has 0 N–H and O–H groups in total. The van der Waals surface area contributed by atoms with Gasteiger partial charge in [-0.1, -0.05) is 15.9 Å². The van der Waals surface area contributed by atoms with Crippen LogP contribution in [-0.4, -0.2) is 12.4 Å². The minimum absolute atomic E-state index is 0.0600. The van der Waals surface area contributed by atoms with E-state index in [1.807, 2.05) is 26.0 Å². The van der Waals surface area contributed by atoms with E-state index in [9.17, 15) is 4.79 Å². The van der Waals surface area contributed by atoms with Crippen molar-refractivity contribution in [3.05, 3.63) is 27.7 Å². The number of hydrogen-bond acceptors (Lipinski definition) is 2. The second kappa shape index (κ2) is 4.60. The maximum Gasteiger partial charge on any atom is 0.160 e. The molecule has 0 saturated heterocycles. The minimum atomic E-state index is 0.0600. The lowest BCUT2D eigenvalue weighted by Crippen LogP contribution is -2.01. The zero-order valence-electron chi connectivity index (χ0n) is 8.56. The monoisotopic (exact) mass is 256 g/mol. The fraction of sp³-hybridized carbons (Fsp3) is 0.364. The molecule has 14 heavy (non-hydrogen) atoms. The minimum Gasteiger partial charge on any atom is -0.494 e. The summed E-state index contributed by atoms with van der Waals surface area (Å²) in [6.07, 6.45) is 0. The molecular weight excluding hydrogens is 244 g/mol. The molecule has 0 spiro atoms. The molecule has 1 aromatic carbocycles. The summed E-state index contributed by atoms with van der Waals surface area (Å²) in [5.41, 5.74) is 1.62. The van der Waals surface area contributed by atoms with E-state index in [-0.39, 0.29) is 5.78 Å². The van der Waals surface area contributed by atoms with Gasteiger partial charge in [0.05, 0.1) is 6.61 Å². The number of benzene rings is 1. The van der Waals surface area contributed by atoms with Gasteiger partial charge >= 0.3 is 0 Å². The molecule has 0 unspecified atom stereocenters. The quantitative estimate of drug-likeness (QED) is 0.776. The first-order valence-electron chi connectivity index (χ1n) is 4.50. The zero-order chi connectivity index (χ0) is 10.7. The molecule has 0 saturated carbocycles. The van der Waals surface area contributed by atoms with Crippen LogP contribution in [0, 0.1) is 6.92 Å². The van der Waals surface area contributed by atoms with E-state index < -0.39 is 0 Å². The molecule has 76 valence electrons. The average molecular weight is 257 g/mol. The maximum atomic E-state index is 11.3. The van der Waals surface area contributed by atoms with Crippen molar-refractivity contribution >= 4 is 21.7 Å². The maximum absolute atomic E-state index is 11.3. The standard InChI is InChI=1S/C11H13BrO2/c1-4-14-11-6-9(12)5-10(7(11)2)8(3)13/h5-6H,4H2,1-3H3. The van der Waals surface area contributed by atoms with E-state index in [1.54, 1.807) is 6.92 Å². The third kappa shape index (κ3) is 2.35. The summed E-state index contributed by atoms with van der Waals surface area (Å²) in [5, 5.41) is 0. The van der Waals surface area contributed by atoms with Crippen LogP contribution in [0.3, 0.4) is 0 Å². The van der Waals surface area contributed by atoms with E-state index in [1.165, 1.54) is 0 Å². The van der Waals surface area contributed by atoms with Crippen LogP contribution in [0.15, 0.2) is 16.6 Å². The summed E-state index contributed by atoms with van der Waals surface area (Å²) < 4.78 is 6.30. The van der Waals surface area contributed by atoms with E-state index in [0.29, 0.717) is 12.2 Å². The second-order valence-electron chi connectivity index (χ2n) is 3.07. The normalized spacial score (nSPS) is 10.0. The van der Waals surface area contributed by atoms with Gasteiger partial charge in [0.15, 0.2) is 5.78 Å². The fourth-order valence-electron chi connectivity index (χ4n) is 1.33. The summed E-state index contributed by atoms with van der Waals surface area (Å²) in [7, 11) is 0. The Labute approximate surface area is 92.4 Å². The van der Waals surface area contributed by atoms with Crippen molar-refractivity contribution in [3.8, 4) is 5.75 Å². The smallest absolute Gasteiger partial charge is 0.160 e. The molecular formula is C11H13BrO2. The number of halogens is 1. The lowest BCUT2D eigenvalue weighted by Gasteiger charge is -2.10. The van der Waals surface area contributed by atoms with Crippen LogP contribution in [0.5, 0.6) is 5.75 Å². The highest BCUT2D eigenvalue weighted by atomic mass is 79.9. The molecule has 2 nitrogen and oxygen atoms in total. The number of rotatable bonds is 3. The molecule has 0 heterocycles. The van der Waals surface area contributed by atoms with Crippen LogP contribution < -0.4 is 4.74 Å². The lowest BCUT2D eigenvalue weighted by molar-refractivity contribution is 0.101. The van der Waals surface area contributed by atoms with Crippen molar-refractivity contribution in [2.45, 2.75) is 20.8 Å². The van der Waals surface area contributed by atoms with E-state index in [4.69, 9.17) is 4.74 Å². The third-order valence-corrected chi connectivity index (χ3v) is 2.46. The number of ketones is 1. The Morgan fingerprint density at radius 3 is 2.64 bits per heavy atom. The number of ether oxygens (including phenoxy) is 1. The molecule has 3 heteroatoms. The number of carbonyl (C=O) groups excluding carboxylic acids is 1. The van der Waals surface area contributed by atoms with Crippen molar-refractivity contribution in [2.24, 2.45) is 0 Å². The van der Waals surface area contributed by atoms with Crippen molar-refractivity contribution in [1.29, 1.82) is 0 Å². The number of Topliss-reactive ketones (excluding diaryl/α,β-unsaturated/α-hetero) is 1. The van der Waals surface area contributed by atoms with E-state index in [2.05, 4.69) is 15.9 Å². The lowest BCUT2D eigenvalue weighted by atomic mass is 10.0. The molecule has 0 aromatic heterocycles. The molecule has 0 aliphatic carbocycles. The summed E-state index contributed by atoms with van der Waals surface area (Å²) >= 11 is 3.35. The Hall–Kier alpha value is -0.830. The van der Waals surface area contributed by atoms with Gasteiger partial charge in [0.2, 0.25) is 0 Å². The first-order chi connectivity index (χ1) is 6.56. The Morgan fingerprint density at radius 1 is 1.50 bits per heavy atom. The van der Waals surface area contributed by atoms with Crippen LogP contribution in [0.1, 0.15) is 29.8 Å². The van der Waals surface area contributed by atoms with Gasteiger partial charge in [0, 0.05) is 15.6 Å². The summed E-state index contributed by atoms with van der Waals surface area (Å²) in [4.78, 5) is 11.3. The van der Waals surface area contributed by atoms with Crippen molar-refractivity contribution in [2.75, 3.05) is 6.61 Å². The van der Waals surface area contributed by atoms with Gasteiger partial charge in [-0.05, 0) is 32.9 Å². The Bertz CT molecular complexity index is 359. The molecule has 1 rings (SSSR count). The fourth-order valence-corrected chi connectivity index (χ4v) is 1.76. The number of carbonyl (C=O) groups is 1. The molecule has 0 bridgehead atoms. The van der Waals surface area contributed by atoms with Gasteiger partial charge in [0.1, 0.15) is 5.75 Å². The molecule has 0 radical (unpaired) electrons. The molecule has 0 aliphatic heterocycles. The van der Waals surface area contributed by atoms with Gasteiger partial charge in [0.25, 0.3) is 0 Å². The van der Waals surface area contributed by atoms with Crippen LogP contribution >= 0.6 is 15.9 Å². The van der Waals surface area contributed by atoms with Gasteiger partial charge < -0.3 is 4.74 Å². The van der Waals surface area contributed by atoms with Gasteiger partial charge in [-0.2, -0.15) is 0 Å². The average Bonchev–Trinajstić information content (AvgIpc) is 2.10. The highest BCUT2D eigenvalue weighted by Crippen LogP contribution is 2.27. The number of hydrogen-bond donors (Lipinski definition) is 0. The summed E-state index contributed by atoms with van der Waals surface area (Å²) in [5.74, 6) is 0.830. The van der Waals surface area contributed by atoms with Crippen molar-refractivity contribution in [1.82, 2.24) is 0 Å². The molecule has 0 amide bonds. The third-order valence-electron chi connectivity index (χ3n) is 2.00. The van der Waals surface area contributed by atoms with Crippen molar-refractivity contribution < 1.29 is 9.53 Å². The molecule has 0 fully saturated rings. The van der Waals surface area contributed by atoms with Gasteiger partial charge in [-0.3, -0.25) is 4.79 Å². The second-order valence-corrected chi connectivity index (χ2v) is 3.98. The molecule has 0 atom stereocenters. The summed E-state index contributed by atoms with van der Waals surface area (Å²) in [6, 6.07) is 3.70. The Balaban J connectivity index is 3.24. The SMILES string of the molecule is CCOc1cc(Br)cc(C(C)=O)c1C. The van der Waals surface area contributed by atoms with Gasteiger partial charge in [-0.25, -0.2) is 0 Å². The van der Waals surface area contributed by atoms with Gasteiger partial charge in [-0.15, -0.1) is 0 Å². The molecule has 1 aromatic rings. The van der Waals surface area contributed by atoms with Crippen molar-refractivity contribution in [3.63, 3.8) is 0 Å². The first kappa shape index (κ1) is 11.2. The summed E-state index contributed by atoms with van der Waals surface area (Å²) in [6.45, 7) is 5.99. The van der Waals surface area contributed by atoms with E-state index >= 15 is 0 Å². The Morgan fingerprint density at radius 2 is 2.14 bits per heavy atom. The predicted molar refractivity (Wildman–Crippen MR) is 60.1 cm³/mol. The zero-order valence-corrected chi connectivity index (χ0v) is 10.1.